The summed E-state index contributed by atoms with van der Waals surface area (Å²) in [5, 5.41) is 13.4. The highest BCUT2D eigenvalue weighted by atomic mass is 32.1. The van der Waals surface area contributed by atoms with Gasteiger partial charge in [-0.05, 0) is 36.6 Å². The SMILES string of the molecule is C=C1NC(=O)C/C1=C\c1cnn2c(NC3CC3)cc(-c3ccc(C(=O)NC)s3)nc12. The number of hydrogen-bond acceptors (Lipinski definition) is 6. The molecule has 0 bridgehead atoms. The smallest absolute Gasteiger partial charge is 0.261 e. The third kappa shape index (κ3) is 3.37. The van der Waals surface area contributed by atoms with Crippen molar-refractivity contribution in [1.29, 1.82) is 0 Å². The summed E-state index contributed by atoms with van der Waals surface area (Å²) >= 11 is 1.40. The average molecular weight is 420 g/mol. The van der Waals surface area contributed by atoms with Crippen LogP contribution in [0.2, 0.25) is 0 Å². The molecule has 0 unspecified atom stereocenters. The van der Waals surface area contributed by atoms with E-state index >= 15 is 0 Å². The molecule has 1 saturated carbocycles. The molecule has 0 atom stereocenters. The van der Waals surface area contributed by atoms with Gasteiger partial charge in [-0.15, -0.1) is 11.3 Å². The van der Waals surface area contributed by atoms with Gasteiger partial charge in [-0.1, -0.05) is 6.58 Å². The molecule has 0 aromatic carbocycles. The van der Waals surface area contributed by atoms with Crippen LogP contribution in [0.25, 0.3) is 22.3 Å². The van der Waals surface area contributed by atoms with Crippen LogP contribution in [0, 0.1) is 0 Å². The van der Waals surface area contributed by atoms with Crippen molar-refractivity contribution in [1.82, 2.24) is 25.2 Å². The number of rotatable bonds is 5. The lowest BCUT2D eigenvalue weighted by molar-refractivity contribution is -0.118. The minimum Gasteiger partial charge on any atom is -0.367 e. The predicted octanol–water partition coefficient (Wildman–Crippen LogP) is 2.81. The quantitative estimate of drug-likeness (QED) is 0.589. The molecular formula is C21H20N6O2S. The van der Waals surface area contributed by atoms with Gasteiger partial charge in [0.1, 0.15) is 5.82 Å². The average Bonchev–Trinajstić information content (AvgIpc) is 3.12. The fraction of sp³-hybridized carbons (Fsp3) is 0.238. The number of anilines is 1. The van der Waals surface area contributed by atoms with Crippen LogP contribution < -0.4 is 16.0 Å². The standard InChI is InChI=1S/C21H20N6O2S/c1-11-12(8-19(28)24-11)7-13-10-23-27-18(25-14-3-4-14)9-15(26-20(13)27)16-5-6-17(30-16)21(29)22-2/h5-7,9-10,14,25H,1,3-4,8H2,2H3,(H,22,29)(H,24,28)/b12-7+. The van der Waals surface area contributed by atoms with Gasteiger partial charge in [0.15, 0.2) is 5.65 Å². The Morgan fingerprint density at radius 3 is 2.93 bits per heavy atom. The summed E-state index contributed by atoms with van der Waals surface area (Å²) < 4.78 is 1.79. The molecule has 1 aliphatic carbocycles. The fourth-order valence-corrected chi connectivity index (χ4v) is 4.28. The molecule has 1 aliphatic heterocycles. The van der Waals surface area contributed by atoms with E-state index < -0.39 is 0 Å². The lowest BCUT2D eigenvalue weighted by Gasteiger charge is -2.09. The van der Waals surface area contributed by atoms with Crippen molar-refractivity contribution < 1.29 is 9.59 Å². The number of aromatic nitrogens is 3. The first-order chi connectivity index (χ1) is 14.5. The zero-order valence-corrected chi connectivity index (χ0v) is 17.2. The molecule has 30 heavy (non-hydrogen) atoms. The highest BCUT2D eigenvalue weighted by molar-refractivity contribution is 7.17. The van der Waals surface area contributed by atoms with E-state index in [0.717, 1.165) is 40.4 Å². The van der Waals surface area contributed by atoms with Crippen molar-refractivity contribution in [2.45, 2.75) is 25.3 Å². The van der Waals surface area contributed by atoms with Crippen LogP contribution in [0.3, 0.4) is 0 Å². The van der Waals surface area contributed by atoms with Gasteiger partial charge >= 0.3 is 0 Å². The topological polar surface area (TPSA) is 100 Å². The first-order valence-electron chi connectivity index (χ1n) is 9.69. The van der Waals surface area contributed by atoms with E-state index in [1.807, 2.05) is 18.2 Å². The first kappa shape index (κ1) is 18.6. The van der Waals surface area contributed by atoms with Crippen molar-refractivity contribution in [3.63, 3.8) is 0 Å². The van der Waals surface area contributed by atoms with Crippen molar-refractivity contribution >= 4 is 40.7 Å². The molecule has 2 aliphatic rings. The summed E-state index contributed by atoms with van der Waals surface area (Å²) in [7, 11) is 1.62. The van der Waals surface area contributed by atoms with Crippen molar-refractivity contribution in [3.8, 4) is 10.6 Å². The number of allylic oxidation sites excluding steroid dienone is 1. The van der Waals surface area contributed by atoms with Crippen LogP contribution >= 0.6 is 11.3 Å². The summed E-state index contributed by atoms with van der Waals surface area (Å²) in [4.78, 5) is 30.0. The van der Waals surface area contributed by atoms with Crippen LogP contribution in [0.5, 0.6) is 0 Å². The maximum Gasteiger partial charge on any atom is 0.261 e. The molecule has 4 heterocycles. The van der Waals surface area contributed by atoms with E-state index in [4.69, 9.17) is 4.98 Å². The number of thiophene rings is 1. The van der Waals surface area contributed by atoms with Crippen LogP contribution in [0.1, 0.15) is 34.5 Å². The summed E-state index contributed by atoms with van der Waals surface area (Å²) in [6.45, 7) is 3.91. The second kappa shape index (κ2) is 7.10. The van der Waals surface area contributed by atoms with Gasteiger partial charge in [-0.25, -0.2) is 4.98 Å². The van der Waals surface area contributed by atoms with Gasteiger partial charge in [0.05, 0.1) is 28.1 Å². The van der Waals surface area contributed by atoms with Gasteiger partial charge in [-0.2, -0.15) is 9.61 Å². The largest absolute Gasteiger partial charge is 0.367 e. The number of fused-ring (bicyclic) bond motifs is 1. The van der Waals surface area contributed by atoms with Crippen LogP contribution in [0.15, 0.2) is 42.2 Å². The molecule has 8 nitrogen and oxygen atoms in total. The number of amides is 2. The molecule has 5 rings (SSSR count). The van der Waals surface area contributed by atoms with Gasteiger partial charge < -0.3 is 16.0 Å². The Labute approximate surface area is 176 Å². The van der Waals surface area contributed by atoms with Crippen LogP contribution in [0.4, 0.5) is 5.82 Å². The third-order valence-electron chi connectivity index (χ3n) is 5.10. The Bertz CT molecular complexity index is 1230. The summed E-state index contributed by atoms with van der Waals surface area (Å²) in [6, 6.07) is 6.12. The number of nitrogens with zero attached hydrogens (tertiary/aromatic N) is 3. The Kier molecular flexibility index (Phi) is 4.39. The van der Waals surface area contributed by atoms with E-state index in [-0.39, 0.29) is 11.8 Å². The minimum absolute atomic E-state index is 0.0622. The Morgan fingerprint density at radius 1 is 1.40 bits per heavy atom. The monoisotopic (exact) mass is 420 g/mol. The van der Waals surface area contributed by atoms with Gasteiger partial charge in [0.25, 0.3) is 5.91 Å². The highest BCUT2D eigenvalue weighted by Gasteiger charge is 2.24. The second-order valence-corrected chi connectivity index (χ2v) is 8.48. The Morgan fingerprint density at radius 2 is 2.23 bits per heavy atom. The maximum atomic E-state index is 12.0. The van der Waals surface area contributed by atoms with Crippen LogP contribution in [-0.2, 0) is 4.79 Å². The Hall–Kier alpha value is -3.46. The van der Waals surface area contributed by atoms with E-state index in [9.17, 15) is 9.59 Å². The molecular weight excluding hydrogens is 400 g/mol. The molecule has 0 radical (unpaired) electrons. The summed E-state index contributed by atoms with van der Waals surface area (Å²) in [6.07, 6.45) is 6.21. The molecule has 152 valence electrons. The van der Waals surface area contributed by atoms with Gasteiger partial charge in [0.2, 0.25) is 5.91 Å². The molecule has 3 aromatic heterocycles. The van der Waals surface area contributed by atoms with E-state index in [2.05, 4.69) is 27.6 Å². The lowest BCUT2D eigenvalue weighted by atomic mass is 10.1. The molecule has 3 N–H and O–H groups in total. The first-order valence-corrected chi connectivity index (χ1v) is 10.5. The number of hydrogen-bond donors (Lipinski definition) is 3. The number of carbonyl (C=O) groups is 2. The maximum absolute atomic E-state index is 12.0. The second-order valence-electron chi connectivity index (χ2n) is 7.40. The molecule has 2 fully saturated rings. The zero-order valence-electron chi connectivity index (χ0n) is 16.4. The molecule has 2 amide bonds. The fourth-order valence-electron chi connectivity index (χ4n) is 3.37. The molecule has 9 heteroatoms. The third-order valence-corrected chi connectivity index (χ3v) is 6.20. The number of carbonyl (C=O) groups excluding carboxylic acids is 2. The van der Waals surface area contributed by atoms with E-state index in [1.54, 1.807) is 23.8 Å². The Balaban J connectivity index is 1.62. The van der Waals surface area contributed by atoms with Crippen molar-refractivity contribution in [2.75, 3.05) is 12.4 Å². The minimum atomic E-state index is -0.115. The van der Waals surface area contributed by atoms with E-state index in [0.29, 0.717) is 28.7 Å². The van der Waals surface area contributed by atoms with E-state index in [1.165, 1.54) is 11.3 Å². The van der Waals surface area contributed by atoms with Crippen molar-refractivity contribution in [2.24, 2.45) is 0 Å². The number of nitrogens with one attached hydrogen (secondary N) is 3. The normalized spacial score (nSPS) is 17.6. The highest BCUT2D eigenvalue weighted by Crippen LogP contribution is 2.32. The molecule has 1 saturated heterocycles. The summed E-state index contributed by atoms with van der Waals surface area (Å²) in [5.74, 6) is 0.680. The van der Waals surface area contributed by atoms with Crippen molar-refractivity contribution in [3.05, 3.63) is 52.7 Å². The predicted molar refractivity (Wildman–Crippen MR) is 116 cm³/mol. The van der Waals surface area contributed by atoms with Gasteiger partial charge in [-0.3, -0.25) is 9.59 Å². The van der Waals surface area contributed by atoms with Crippen LogP contribution in [-0.4, -0.2) is 39.5 Å². The zero-order chi connectivity index (χ0) is 20.8. The van der Waals surface area contributed by atoms with Gasteiger partial charge in [0, 0.05) is 30.4 Å². The lowest BCUT2D eigenvalue weighted by Crippen LogP contribution is -2.15. The molecule has 3 aromatic rings. The molecule has 0 spiro atoms. The summed E-state index contributed by atoms with van der Waals surface area (Å²) in [5.41, 5.74) is 3.71.